The van der Waals surface area contributed by atoms with Crippen LogP contribution in [0.5, 0.6) is 5.75 Å². The van der Waals surface area contributed by atoms with Gasteiger partial charge in [-0.05, 0) is 18.6 Å². The van der Waals surface area contributed by atoms with Crippen LogP contribution in [0.2, 0.25) is 5.02 Å². The van der Waals surface area contributed by atoms with Crippen molar-refractivity contribution in [3.05, 3.63) is 28.8 Å². The number of halogens is 2. The Kier molecular flexibility index (Phi) is 9.77. The normalized spacial score (nSPS) is 10.8. The van der Waals surface area contributed by atoms with Crippen LogP contribution in [0.1, 0.15) is 25.3 Å². The number of methoxy groups -OCH3 is 1. The van der Waals surface area contributed by atoms with Crippen LogP contribution >= 0.6 is 35.6 Å². The van der Waals surface area contributed by atoms with Crippen LogP contribution in [0.4, 0.5) is 0 Å². The number of hydrogen-bond acceptors (Lipinski definition) is 2. The first kappa shape index (κ1) is 18.3. The third kappa shape index (κ3) is 6.87. The van der Waals surface area contributed by atoms with Crippen LogP contribution in [0.15, 0.2) is 23.2 Å². The maximum Gasteiger partial charge on any atom is 0.188 e. The lowest BCUT2D eigenvalue weighted by molar-refractivity contribution is 0.410. The van der Waals surface area contributed by atoms with E-state index in [4.69, 9.17) is 22.1 Å². The molecule has 108 valence electrons. The Morgan fingerprint density at radius 3 is 2.84 bits per heavy atom. The number of nitrogens with zero attached hydrogens (tertiary/aromatic N) is 1. The van der Waals surface area contributed by atoms with Crippen molar-refractivity contribution in [2.24, 2.45) is 10.7 Å². The lowest BCUT2D eigenvalue weighted by atomic mass is 10.2. The van der Waals surface area contributed by atoms with Crippen molar-refractivity contribution in [2.75, 3.05) is 13.7 Å². The third-order valence-corrected chi connectivity index (χ3v) is 2.74. The summed E-state index contributed by atoms with van der Waals surface area (Å²) in [7, 11) is 1.61. The van der Waals surface area contributed by atoms with E-state index in [0.717, 1.165) is 30.7 Å². The van der Waals surface area contributed by atoms with Crippen LogP contribution in [0.25, 0.3) is 0 Å². The number of nitrogens with one attached hydrogen (secondary N) is 1. The van der Waals surface area contributed by atoms with Gasteiger partial charge < -0.3 is 15.8 Å². The van der Waals surface area contributed by atoms with E-state index < -0.39 is 0 Å². The molecule has 0 bridgehead atoms. The first-order valence-corrected chi connectivity index (χ1v) is 6.41. The molecule has 4 nitrogen and oxygen atoms in total. The van der Waals surface area contributed by atoms with Crippen molar-refractivity contribution in [2.45, 2.75) is 26.3 Å². The Morgan fingerprint density at radius 1 is 1.47 bits per heavy atom. The van der Waals surface area contributed by atoms with Crippen LogP contribution in [-0.4, -0.2) is 19.6 Å². The molecule has 0 saturated carbocycles. The molecule has 3 N–H and O–H groups in total. The number of guanidine groups is 1. The fraction of sp³-hybridized carbons (Fsp3) is 0.462. The first-order valence-electron chi connectivity index (χ1n) is 6.03. The number of nitrogens with two attached hydrogens (primary N) is 1. The number of aliphatic imine (C=N–C) groups is 1. The fourth-order valence-corrected chi connectivity index (χ4v) is 1.63. The highest BCUT2D eigenvalue weighted by Gasteiger charge is 2.03. The highest BCUT2D eigenvalue weighted by Crippen LogP contribution is 2.23. The van der Waals surface area contributed by atoms with Gasteiger partial charge in [-0.25, -0.2) is 4.99 Å². The lowest BCUT2D eigenvalue weighted by Gasteiger charge is -2.08. The standard InChI is InChI=1S/C13H20ClN3O.HI/c1-3-4-7-16-13(15)17-9-10-5-6-11(14)8-12(10)18-2;/h5-6,8H,3-4,7,9H2,1-2H3,(H3,15,16,17);1H. The molecule has 0 spiro atoms. The monoisotopic (exact) mass is 397 g/mol. The smallest absolute Gasteiger partial charge is 0.188 e. The maximum atomic E-state index is 5.89. The molecular formula is C13H21ClIN3O. The van der Waals surface area contributed by atoms with Crippen LogP contribution in [0, 0.1) is 0 Å². The van der Waals surface area contributed by atoms with Crippen molar-refractivity contribution < 1.29 is 4.74 Å². The summed E-state index contributed by atoms with van der Waals surface area (Å²) in [5.74, 6) is 1.19. The molecule has 0 atom stereocenters. The van der Waals surface area contributed by atoms with Crippen LogP contribution in [0.3, 0.4) is 0 Å². The number of rotatable bonds is 6. The van der Waals surface area contributed by atoms with Gasteiger partial charge in [-0.15, -0.1) is 24.0 Å². The summed E-state index contributed by atoms with van der Waals surface area (Å²) < 4.78 is 5.24. The Morgan fingerprint density at radius 2 is 2.21 bits per heavy atom. The first-order chi connectivity index (χ1) is 8.67. The van der Waals surface area contributed by atoms with E-state index in [1.807, 2.05) is 12.1 Å². The largest absolute Gasteiger partial charge is 0.496 e. The molecule has 0 saturated heterocycles. The summed E-state index contributed by atoms with van der Waals surface area (Å²) in [5.41, 5.74) is 6.72. The molecule has 1 rings (SSSR count). The Balaban J connectivity index is 0.00000324. The summed E-state index contributed by atoms with van der Waals surface area (Å²) >= 11 is 5.89. The van der Waals surface area contributed by atoms with Gasteiger partial charge >= 0.3 is 0 Å². The van der Waals surface area contributed by atoms with Gasteiger partial charge in [0, 0.05) is 17.1 Å². The van der Waals surface area contributed by atoms with Crippen molar-refractivity contribution in [1.82, 2.24) is 5.32 Å². The molecule has 1 aromatic rings. The van der Waals surface area contributed by atoms with Gasteiger partial charge in [-0.3, -0.25) is 0 Å². The average Bonchev–Trinajstić information content (AvgIpc) is 2.37. The topological polar surface area (TPSA) is 59.6 Å². The molecule has 0 aliphatic heterocycles. The van der Waals surface area contributed by atoms with E-state index in [1.165, 1.54) is 0 Å². The van der Waals surface area contributed by atoms with Crippen LogP contribution < -0.4 is 15.8 Å². The van der Waals surface area contributed by atoms with Crippen molar-refractivity contribution in [3.8, 4) is 5.75 Å². The minimum atomic E-state index is 0. The molecule has 19 heavy (non-hydrogen) atoms. The molecule has 0 fully saturated rings. The van der Waals surface area contributed by atoms with Gasteiger partial charge in [0.05, 0.1) is 13.7 Å². The molecule has 0 unspecified atom stereocenters. The van der Waals surface area contributed by atoms with E-state index in [2.05, 4.69) is 17.2 Å². The maximum absolute atomic E-state index is 5.89. The van der Waals surface area contributed by atoms with Crippen molar-refractivity contribution >= 4 is 41.5 Å². The fourth-order valence-electron chi connectivity index (χ4n) is 1.47. The zero-order chi connectivity index (χ0) is 13.4. The summed E-state index contributed by atoms with van der Waals surface area (Å²) in [6.07, 6.45) is 2.21. The Labute approximate surface area is 136 Å². The van der Waals surface area contributed by atoms with E-state index in [-0.39, 0.29) is 24.0 Å². The van der Waals surface area contributed by atoms with E-state index >= 15 is 0 Å². The second-order valence-corrected chi connectivity index (χ2v) is 4.37. The Hall–Kier alpha value is -0.690. The second kappa shape index (κ2) is 10.1. The highest BCUT2D eigenvalue weighted by atomic mass is 127. The number of benzene rings is 1. The summed E-state index contributed by atoms with van der Waals surface area (Å²) in [5, 5.41) is 3.71. The minimum Gasteiger partial charge on any atom is -0.496 e. The predicted octanol–water partition coefficient (Wildman–Crippen LogP) is 3.17. The summed E-state index contributed by atoms with van der Waals surface area (Å²) in [4.78, 5) is 4.26. The molecule has 0 aliphatic rings. The number of ether oxygens (including phenoxy) is 1. The SMILES string of the molecule is CCCCNC(N)=NCc1ccc(Cl)cc1OC.I. The zero-order valence-corrected chi connectivity index (χ0v) is 14.4. The molecule has 0 heterocycles. The minimum absolute atomic E-state index is 0. The molecule has 0 radical (unpaired) electrons. The van der Waals surface area contributed by atoms with Crippen molar-refractivity contribution in [3.63, 3.8) is 0 Å². The predicted molar refractivity (Wildman–Crippen MR) is 91.7 cm³/mol. The molecule has 1 aromatic carbocycles. The lowest BCUT2D eigenvalue weighted by Crippen LogP contribution is -2.32. The van der Waals surface area contributed by atoms with Crippen LogP contribution in [-0.2, 0) is 6.54 Å². The molecule has 0 aromatic heterocycles. The Bertz CT molecular complexity index is 413. The van der Waals surface area contributed by atoms with Gasteiger partial charge in [-0.1, -0.05) is 31.0 Å². The van der Waals surface area contributed by atoms with Gasteiger partial charge in [0.2, 0.25) is 0 Å². The summed E-state index contributed by atoms with van der Waals surface area (Å²) in [6.45, 7) is 3.46. The van der Waals surface area contributed by atoms with Crippen molar-refractivity contribution in [1.29, 1.82) is 0 Å². The summed E-state index contributed by atoms with van der Waals surface area (Å²) in [6, 6.07) is 5.48. The van der Waals surface area contributed by atoms with E-state index in [0.29, 0.717) is 17.5 Å². The van der Waals surface area contributed by atoms with E-state index in [1.54, 1.807) is 13.2 Å². The molecule has 0 amide bonds. The number of hydrogen-bond donors (Lipinski definition) is 2. The van der Waals surface area contributed by atoms with Gasteiger partial charge in [-0.2, -0.15) is 0 Å². The molecule has 0 aliphatic carbocycles. The quantitative estimate of drug-likeness (QED) is 0.335. The average molecular weight is 398 g/mol. The third-order valence-electron chi connectivity index (χ3n) is 2.51. The molecular weight excluding hydrogens is 377 g/mol. The van der Waals surface area contributed by atoms with Gasteiger partial charge in [0.15, 0.2) is 5.96 Å². The second-order valence-electron chi connectivity index (χ2n) is 3.94. The number of unbranched alkanes of at least 4 members (excludes halogenated alkanes) is 1. The highest BCUT2D eigenvalue weighted by molar-refractivity contribution is 14.0. The zero-order valence-electron chi connectivity index (χ0n) is 11.3. The van der Waals surface area contributed by atoms with E-state index in [9.17, 15) is 0 Å². The van der Waals surface area contributed by atoms with Gasteiger partial charge in [0.1, 0.15) is 5.75 Å². The molecule has 6 heteroatoms. The van der Waals surface area contributed by atoms with Gasteiger partial charge in [0.25, 0.3) is 0 Å².